The van der Waals surface area contributed by atoms with Crippen molar-refractivity contribution in [1.82, 2.24) is 0 Å². The van der Waals surface area contributed by atoms with Gasteiger partial charge in [0.1, 0.15) is 13.1 Å². The average molecular weight is 206 g/mol. The Hall–Kier alpha value is -1.58. The van der Waals surface area contributed by atoms with Crippen LogP contribution >= 0.6 is 0 Å². The Morgan fingerprint density at radius 1 is 1.00 bits per heavy atom. The third-order valence-corrected chi connectivity index (χ3v) is 2.83. The van der Waals surface area contributed by atoms with Gasteiger partial charge in [-0.3, -0.25) is 0 Å². The van der Waals surface area contributed by atoms with E-state index in [9.17, 15) is 9.81 Å². The van der Waals surface area contributed by atoms with Crippen LogP contribution in [0.25, 0.3) is 0 Å². The molecule has 0 aliphatic heterocycles. The van der Waals surface area contributed by atoms with Gasteiger partial charge in [0.05, 0.1) is 0 Å². The molecule has 0 saturated heterocycles. The lowest BCUT2D eigenvalue weighted by atomic mass is 9.94. The fourth-order valence-electron chi connectivity index (χ4n) is 1.73. The maximum atomic E-state index is 10.3. The summed E-state index contributed by atoms with van der Waals surface area (Å²) in [6.07, 6.45) is 0. The van der Waals surface area contributed by atoms with Crippen LogP contribution in [0.5, 0.6) is 0 Å². The molecule has 0 fully saturated rings. The van der Waals surface area contributed by atoms with E-state index in [4.69, 9.17) is 0 Å². The first-order valence-electron chi connectivity index (χ1n) is 4.78. The van der Waals surface area contributed by atoms with Gasteiger partial charge in [-0.1, -0.05) is 16.4 Å². The highest BCUT2D eigenvalue weighted by atomic mass is 16.3. The summed E-state index contributed by atoms with van der Waals surface area (Å²) in [5, 5.41) is 5.79. The largest absolute Gasteiger partial charge is 0.150 e. The van der Waals surface area contributed by atoms with E-state index in [1.165, 1.54) is 0 Å². The second kappa shape index (κ2) is 4.77. The van der Waals surface area contributed by atoms with Crippen molar-refractivity contribution < 1.29 is 0 Å². The van der Waals surface area contributed by atoms with E-state index in [1.807, 2.05) is 26.8 Å². The lowest BCUT2D eigenvalue weighted by Crippen LogP contribution is -2.00. The van der Waals surface area contributed by atoms with Crippen molar-refractivity contribution in [2.24, 2.45) is 10.4 Å². The fraction of sp³-hybridized carbons (Fsp3) is 0.455. The van der Waals surface area contributed by atoms with Gasteiger partial charge in [-0.05, 0) is 48.6 Å². The van der Waals surface area contributed by atoms with Crippen molar-refractivity contribution in [2.45, 2.75) is 33.9 Å². The molecule has 0 aromatic heterocycles. The molecule has 0 bridgehead atoms. The average Bonchev–Trinajstić information content (AvgIpc) is 2.21. The second-order valence-electron chi connectivity index (χ2n) is 3.66. The smallest absolute Gasteiger partial charge is 0.107 e. The van der Waals surface area contributed by atoms with Crippen LogP contribution in [-0.2, 0) is 13.1 Å². The summed E-state index contributed by atoms with van der Waals surface area (Å²) in [6.45, 7) is 6.12. The number of rotatable bonds is 4. The molecule has 1 aromatic carbocycles. The van der Waals surface area contributed by atoms with Crippen LogP contribution in [0.2, 0.25) is 0 Å². The van der Waals surface area contributed by atoms with E-state index >= 15 is 0 Å². The lowest BCUT2D eigenvalue weighted by molar-refractivity contribution is 0.961. The summed E-state index contributed by atoms with van der Waals surface area (Å²) in [4.78, 5) is 20.6. The molecule has 0 spiro atoms. The van der Waals surface area contributed by atoms with Gasteiger partial charge in [0, 0.05) is 0 Å². The van der Waals surface area contributed by atoms with Crippen molar-refractivity contribution >= 4 is 0 Å². The van der Waals surface area contributed by atoms with Gasteiger partial charge in [-0.15, -0.1) is 0 Å². The maximum Gasteiger partial charge on any atom is 0.107 e. The SMILES string of the molecule is Cc1cc(CN=O)c(C)c(CN=O)c1C. The molecule has 0 amide bonds. The van der Waals surface area contributed by atoms with E-state index in [1.54, 1.807) is 0 Å². The van der Waals surface area contributed by atoms with Gasteiger partial charge in [0.2, 0.25) is 0 Å². The number of hydrogen-bond acceptors (Lipinski definition) is 4. The van der Waals surface area contributed by atoms with Crippen LogP contribution < -0.4 is 0 Å². The maximum absolute atomic E-state index is 10.3. The number of nitroso groups, excluding NO2 is 2. The molecule has 4 nitrogen and oxygen atoms in total. The predicted octanol–water partition coefficient (Wildman–Crippen LogP) is 3.14. The first-order chi connectivity index (χ1) is 7.11. The molecule has 80 valence electrons. The highest BCUT2D eigenvalue weighted by Gasteiger charge is 2.10. The standard InChI is InChI=1S/C11H14N2O2/c1-7-4-10(5-12-14)9(3)11(6-13-15)8(7)2/h4H,5-6H2,1-3H3. The van der Waals surface area contributed by atoms with E-state index in [0.29, 0.717) is 0 Å². The zero-order valence-electron chi connectivity index (χ0n) is 9.20. The molecule has 4 heteroatoms. The molecule has 1 aromatic rings. The van der Waals surface area contributed by atoms with Crippen molar-refractivity contribution in [3.63, 3.8) is 0 Å². The van der Waals surface area contributed by atoms with Crippen LogP contribution in [0.4, 0.5) is 0 Å². The molecule has 0 saturated carbocycles. The molecule has 0 aliphatic rings. The van der Waals surface area contributed by atoms with Crippen LogP contribution in [-0.4, -0.2) is 0 Å². The van der Waals surface area contributed by atoms with Crippen molar-refractivity contribution in [1.29, 1.82) is 0 Å². The third kappa shape index (κ3) is 2.26. The van der Waals surface area contributed by atoms with Crippen molar-refractivity contribution in [3.05, 3.63) is 43.7 Å². The number of benzene rings is 1. The Morgan fingerprint density at radius 2 is 1.60 bits per heavy atom. The van der Waals surface area contributed by atoms with Gasteiger partial charge in [0.15, 0.2) is 0 Å². The molecule has 0 atom stereocenters. The summed E-state index contributed by atoms with van der Waals surface area (Å²) >= 11 is 0. The Kier molecular flexibility index (Phi) is 3.66. The molecule has 0 radical (unpaired) electrons. The molecule has 0 heterocycles. The Morgan fingerprint density at radius 3 is 2.13 bits per heavy atom. The molecular weight excluding hydrogens is 192 g/mol. The monoisotopic (exact) mass is 206 g/mol. The summed E-state index contributed by atoms with van der Waals surface area (Å²) in [5.74, 6) is 0. The van der Waals surface area contributed by atoms with Gasteiger partial charge in [0.25, 0.3) is 0 Å². The normalized spacial score (nSPS) is 10.1. The molecule has 0 unspecified atom stereocenters. The van der Waals surface area contributed by atoms with E-state index in [2.05, 4.69) is 10.4 Å². The first kappa shape index (κ1) is 11.5. The third-order valence-electron chi connectivity index (χ3n) is 2.83. The Labute approximate surface area is 88.6 Å². The minimum Gasteiger partial charge on any atom is -0.150 e. The lowest BCUT2D eigenvalue weighted by Gasteiger charge is -2.13. The van der Waals surface area contributed by atoms with Crippen molar-refractivity contribution in [2.75, 3.05) is 0 Å². The molecule has 0 aliphatic carbocycles. The molecule has 1 rings (SSSR count). The highest BCUT2D eigenvalue weighted by Crippen LogP contribution is 2.23. The van der Waals surface area contributed by atoms with E-state index in [-0.39, 0.29) is 13.1 Å². The fourth-order valence-corrected chi connectivity index (χ4v) is 1.73. The second-order valence-corrected chi connectivity index (χ2v) is 3.66. The van der Waals surface area contributed by atoms with Gasteiger partial charge in [-0.25, -0.2) is 0 Å². The van der Waals surface area contributed by atoms with Crippen LogP contribution in [0.15, 0.2) is 16.4 Å². The van der Waals surface area contributed by atoms with Gasteiger partial charge >= 0.3 is 0 Å². The molecule has 0 N–H and O–H groups in total. The summed E-state index contributed by atoms with van der Waals surface area (Å²) in [5.41, 5.74) is 4.90. The van der Waals surface area contributed by atoms with E-state index < -0.39 is 0 Å². The number of hydrogen-bond donors (Lipinski definition) is 0. The van der Waals surface area contributed by atoms with Gasteiger partial charge < -0.3 is 0 Å². The summed E-state index contributed by atoms with van der Waals surface area (Å²) < 4.78 is 0. The number of aryl methyl sites for hydroxylation is 1. The van der Waals surface area contributed by atoms with Gasteiger partial charge in [-0.2, -0.15) is 9.81 Å². The van der Waals surface area contributed by atoms with Crippen molar-refractivity contribution in [3.8, 4) is 0 Å². The minimum atomic E-state index is 0.152. The van der Waals surface area contributed by atoms with Crippen LogP contribution in [0.3, 0.4) is 0 Å². The Balaban J connectivity index is 3.33. The highest BCUT2D eigenvalue weighted by molar-refractivity contribution is 5.44. The van der Waals surface area contributed by atoms with Crippen LogP contribution in [0.1, 0.15) is 27.8 Å². The summed E-state index contributed by atoms with van der Waals surface area (Å²) in [7, 11) is 0. The predicted molar refractivity (Wildman–Crippen MR) is 59.7 cm³/mol. The quantitative estimate of drug-likeness (QED) is 0.710. The minimum absolute atomic E-state index is 0.152. The topological polar surface area (TPSA) is 58.9 Å². The Bertz CT molecular complexity index is 400. The first-order valence-corrected chi connectivity index (χ1v) is 4.78. The van der Waals surface area contributed by atoms with Crippen LogP contribution in [0, 0.1) is 30.6 Å². The summed E-state index contributed by atoms with van der Waals surface area (Å²) in [6, 6.07) is 1.94. The number of nitrogens with zero attached hydrogens (tertiary/aromatic N) is 2. The zero-order valence-corrected chi connectivity index (χ0v) is 9.20. The molecule has 15 heavy (non-hydrogen) atoms. The zero-order chi connectivity index (χ0) is 11.4. The van der Waals surface area contributed by atoms with E-state index in [0.717, 1.165) is 27.8 Å². The molecular formula is C11H14N2O2.